The molecule has 0 saturated heterocycles. The van der Waals surface area contributed by atoms with Gasteiger partial charge in [0.1, 0.15) is 0 Å². The molecule has 1 amide bonds. The zero-order valence-corrected chi connectivity index (χ0v) is 11.8. The monoisotopic (exact) mass is 298 g/mol. The lowest BCUT2D eigenvalue weighted by atomic mass is 9.80. The summed E-state index contributed by atoms with van der Waals surface area (Å²) in [6.07, 6.45) is 2.29. The SMILES string of the molecule is O=C(CNS(=O)(=O)c1ccccc1)NCC1(O)CCC1. The lowest BCUT2D eigenvalue weighted by molar-refractivity contribution is -0.122. The average Bonchev–Trinajstić information content (AvgIpc) is 2.42. The van der Waals surface area contributed by atoms with Crippen LogP contribution in [0.3, 0.4) is 0 Å². The molecule has 0 spiro atoms. The van der Waals surface area contributed by atoms with Crippen LogP contribution in [0.5, 0.6) is 0 Å². The molecule has 2 rings (SSSR count). The normalized spacial score (nSPS) is 17.2. The quantitative estimate of drug-likeness (QED) is 0.688. The molecule has 1 aliphatic carbocycles. The second-order valence-electron chi connectivity index (χ2n) is 4.99. The number of aliphatic hydroxyl groups is 1. The van der Waals surface area contributed by atoms with E-state index >= 15 is 0 Å². The minimum Gasteiger partial charge on any atom is -0.388 e. The first-order valence-corrected chi connectivity index (χ1v) is 7.93. The second-order valence-corrected chi connectivity index (χ2v) is 6.76. The minimum atomic E-state index is -3.67. The number of amides is 1. The van der Waals surface area contributed by atoms with Gasteiger partial charge in [0.15, 0.2) is 0 Å². The Labute approximate surface area is 118 Å². The Hall–Kier alpha value is -1.44. The van der Waals surface area contributed by atoms with E-state index in [2.05, 4.69) is 10.0 Å². The minimum absolute atomic E-state index is 0.116. The zero-order chi connectivity index (χ0) is 14.6. The van der Waals surface area contributed by atoms with E-state index in [1.54, 1.807) is 18.2 Å². The average molecular weight is 298 g/mol. The van der Waals surface area contributed by atoms with E-state index in [9.17, 15) is 18.3 Å². The molecule has 20 heavy (non-hydrogen) atoms. The maximum absolute atomic E-state index is 11.9. The first kappa shape index (κ1) is 15.0. The summed E-state index contributed by atoms with van der Waals surface area (Å²) in [5.41, 5.74) is -0.812. The van der Waals surface area contributed by atoms with E-state index in [1.165, 1.54) is 12.1 Å². The van der Waals surface area contributed by atoms with E-state index < -0.39 is 21.5 Å². The number of hydrogen-bond donors (Lipinski definition) is 3. The van der Waals surface area contributed by atoms with Gasteiger partial charge in [-0.05, 0) is 31.4 Å². The third-order valence-corrected chi connectivity index (χ3v) is 4.79. The Kier molecular flexibility index (Phi) is 4.42. The van der Waals surface area contributed by atoms with Gasteiger partial charge in [-0.15, -0.1) is 0 Å². The Bertz CT molecular complexity index is 567. The standard InChI is InChI=1S/C13H18N2O4S/c16-12(14-10-13(17)7-4-8-13)9-15-20(18,19)11-5-2-1-3-6-11/h1-3,5-6,15,17H,4,7-10H2,(H,14,16). The Morgan fingerprint density at radius 2 is 1.90 bits per heavy atom. The molecule has 0 radical (unpaired) electrons. The fourth-order valence-electron chi connectivity index (χ4n) is 1.93. The van der Waals surface area contributed by atoms with Gasteiger partial charge in [-0.25, -0.2) is 13.1 Å². The van der Waals surface area contributed by atoms with Gasteiger partial charge in [-0.2, -0.15) is 0 Å². The molecular formula is C13H18N2O4S. The molecule has 7 heteroatoms. The smallest absolute Gasteiger partial charge is 0.241 e. The van der Waals surface area contributed by atoms with Crippen molar-refractivity contribution in [2.45, 2.75) is 29.8 Å². The van der Waals surface area contributed by atoms with Crippen LogP contribution >= 0.6 is 0 Å². The van der Waals surface area contributed by atoms with Crippen molar-refractivity contribution in [1.82, 2.24) is 10.0 Å². The molecule has 0 aromatic heterocycles. The van der Waals surface area contributed by atoms with Gasteiger partial charge in [-0.1, -0.05) is 18.2 Å². The second kappa shape index (κ2) is 5.90. The molecular weight excluding hydrogens is 280 g/mol. The lowest BCUT2D eigenvalue weighted by Crippen LogP contribution is -2.49. The van der Waals surface area contributed by atoms with Crippen LogP contribution in [0.4, 0.5) is 0 Å². The fraction of sp³-hybridized carbons (Fsp3) is 0.462. The largest absolute Gasteiger partial charge is 0.388 e. The van der Waals surface area contributed by atoms with Crippen LogP contribution in [0.1, 0.15) is 19.3 Å². The number of rotatable bonds is 6. The highest BCUT2D eigenvalue weighted by Gasteiger charge is 2.34. The fourth-order valence-corrected chi connectivity index (χ4v) is 2.93. The summed E-state index contributed by atoms with van der Waals surface area (Å²) in [5, 5.41) is 12.3. The van der Waals surface area contributed by atoms with Gasteiger partial charge in [-0.3, -0.25) is 4.79 Å². The van der Waals surface area contributed by atoms with E-state index in [1.807, 2.05) is 0 Å². The Morgan fingerprint density at radius 1 is 1.25 bits per heavy atom. The Morgan fingerprint density at radius 3 is 2.45 bits per heavy atom. The summed E-state index contributed by atoms with van der Waals surface area (Å²) in [6.45, 7) is -0.174. The van der Waals surface area contributed by atoms with Crippen molar-refractivity contribution < 1.29 is 18.3 Å². The first-order valence-electron chi connectivity index (χ1n) is 6.45. The van der Waals surface area contributed by atoms with E-state index in [4.69, 9.17) is 0 Å². The van der Waals surface area contributed by atoms with Crippen molar-refractivity contribution in [2.24, 2.45) is 0 Å². The third-order valence-electron chi connectivity index (χ3n) is 3.38. The Balaban J connectivity index is 1.81. The number of hydrogen-bond acceptors (Lipinski definition) is 4. The number of benzene rings is 1. The van der Waals surface area contributed by atoms with Crippen LogP contribution in [-0.4, -0.2) is 38.1 Å². The van der Waals surface area contributed by atoms with Crippen molar-refractivity contribution >= 4 is 15.9 Å². The van der Waals surface area contributed by atoms with Crippen molar-refractivity contribution in [2.75, 3.05) is 13.1 Å². The van der Waals surface area contributed by atoms with Crippen LogP contribution in [0.2, 0.25) is 0 Å². The molecule has 1 saturated carbocycles. The molecule has 0 atom stereocenters. The van der Waals surface area contributed by atoms with Crippen molar-refractivity contribution in [1.29, 1.82) is 0 Å². The maximum atomic E-state index is 11.9. The van der Waals surface area contributed by atoms with E-state index in [-0.39, 0.29) is 18.0 Å². The number of nitrogens with one attached hydrogen (secondary N) is 2. The van der Waals surface area contributed by atoms with Gasteiger partial charge in [0.25, 0.3) is 0 Å². The van der Waals surface area contributed by atoms with Crippen molar-refractivity contribution in [3.05, 3.63) is 30.3 Å². The zero-order valence-electron chi connectivity index (χ0n) is 11.0. The highest BCUT2D eigenvalue weighted by atomic mass is 32.2. The number of carbonyl (C=O) groups excluding carboxylic acids is 1. The van der Waals surface area contributed by atoms with Crippen molar-refractivity contribution in [3.63, 3.8) is 0 Å². The molecule has 3 N–H and O–H groups in total. The maximum Gasteiger partial charge on any atom is 0.241 e. The lowest BCUT2D eigenvalue weighted by Gasteiger charge is -2.36. The molecule has 0 heterocycles. The first-order chi connectivity index (χ1) is 9.41. The van der Waals surface area contributed by atoms with Gasteiger partial charge in [0.05, 0.1) is 17.0 Å². The third kappa shape index (κ3) is 3.78. The molecule has 1 aliphatic rings. The predicted octanol–water partition coefficient (Wildman–Crippen LogP) is -0.00390. The van der Waals surface area contributed by atoms with Crippen LogP contribution < -0.4 is 10.0 Å². The molecule has 1 aromatic rings. The van der Waals surface area contributed by atoms with E-state index in [0.717, 1.165) is 6.42 Å². The highest BCUT2D eigenvalue weighted by molar-refractivity contribution is 7.89. The summed E-state index contributed by atoms with van der Waals surface area (Å²) < 4.78 is 26.0. The van der Waals surface area contributed by atoms with Crippen LogP contribution in [0.25, 0.3) is 0 Å². The number of carbonyl (C=O) groups is 1. The summed E-state index contributed by atoms with van der Waals surface area (Å²) in [4.78, 5) is 11.7. The molecule has 110 valence electrons. The summed E-state index contributed by atoms with van der Waals surface area (Å²) in [6, 6.07) is 7.85. The molecule has 0 unspecified atom stereocenters. The molecule has 0 aliphatic heterocycles. The highest BCUT2D eigenvalue weighted by Crippen LogP contribution is 2.30. The van der Waals surface area contributed by atoms with Gasteiger partial charge < -0.3 is 10.4 Å². The molecule has 6 nitrogen and oxygen atoms in total. The number of sulfonamides is 1. The topological polar surface area (TPSA) is 95.5 Å². The van der Waals surface area contributed by atoms with Crippen LogP contribution in [0.15, 0.2) is 35.2 Å². The van der Waals surface area contributed by atoms with Crippen molar-refractivity contribution in [3.8, 4) is 0 Å². The van der Waals surface area contributed by atoms with Crippen LogP contribution in [0, 0.1) is 0 Å². The summed E-state index contributed by atoms with van der Waals surface area (Å²) in [5.74, 6) is -0.454. The predicted molar refractivity (Wildman–Crippen MR) is 73.4 cm³/mol. The molecule has 0 bridgehead atoms. The van der Waals surface area contributed by atoms with Gasteiger partial charge in [0.2, 0.25) is 15.9 Å². The van der Waals surface area contributed by atoms with Gasteiger partial charge >= 0.3 is 0 Å². The summed E-state index contributed by atoms with van der Waals surface area (Å²) >= 11 is 0. The summed E-state index contributed by atoms with van der Waals surface area (Å²) in [7, 11) is -3.67. The van der Waals surface area contributed by atoms with Gasteiger partial charge in [0, 0.05) is 6.54 Å². The van der Waals surface area contributed by atoms with E-state index in [0.29, 0.717) is 12.8 Å². The molecule has 1 fully saturated rings. The molecule has 1 aromatic carbocycles. The van der Waals surface area contributed by atoms with Crippen LogP contribution in [-0.2, 0) is 14.8 Å².